The van der Waals surface area contributed by atoms with Gasteiger partial charge in [0.25, 0.3) is 0 Å². The number of halogens is 1. The van der Waals surface area contributed by atoms with Crippen LogP contribution in [0.4, 0.5) is 0 Å². The van der Waals surface area contributed by atoms with Gasteiger partial charge in [-0.25, -0.2) is 0 Å². The van der Waals surface area contributed by atoms with Crippen LogP contribution in [0.5, 0.6) is 0 Å². The Morgan fingerprint density at radius 3 is 2.17 bits per heavy atom. The standard InChI is InChI=1S/C15H24BrNO/c1-3-17(4-2)13(18)14-6-11-5-12(7-14)9-15(16,8-11)10-14/h11-12H,3-10H2,1-2H3/t11-,12+,14?,15?. The van der Waals surface area contributed by atoms with E-state index < -0.39 is 0 Å². The highest BCUT2D eigenvalue weighted by Crippen LogP contribution is 2.64. The Hall–Kier alpha value is -0.0500. The first-order valence-corrected chi connectivity index (χ1v) is 8.28. The fourth-order valence-corrected chi connectivity index (χ4v) is 6.70. The van der Waals surface area contributed by atoms with Gasteiger partial charge in [-0.05, 0) is 64.2 Å². The zero-order chi connectivity index (χ0) is 13.0. The minimum Gasteiger partial charge on any atom is -0.343 e. The summed E-state index contributed by atoms with van der Waals surface area (Å²) in [5, 5.41) is 0. The maximum atomic E-state index is 12.9. The van der Waals surface area contributed by atoms with E-state index in [2.05, 4.69) is 34.7 Å². The lowest BCUT2D eigenvalue weighted by molar-refractivity contribution is -0.155. The molecule has 4 bridgehead atoms. The van der Waals surface area contributed by atoms with Gasteiger partial charge < -0.3 is 4.90 Å². The highest BCUT2D eigenvalue weighted by atomic mass is 79.9. The summed E-state index contributed by atoms with van der Waals surface area (Å²) in [6.45, 7) is 5.93. The molecule has 2 nitrogen and oxygen atoms in total. The number of rotatable bonds is 3. The Kier molecular flexibility index (Phi) is 3.04. The van der Waals surface area contributed by atoms with E-state index in [0.29, 0.717) is 10.2 Å². The molecule has 18 heavy (non-hydrogen) atoms. The third-order valence-corrected chi connectivity index (χ3v) is 6.42. The number of amides is 1. The van der Waals surface area contributed by atoms with Crippen LogP contribution in [0.25, 0.3) is 0 Å². The molecular weight excluding hydrogens is 290 g/mol. The summed E-state index contributed by atoms with van der Waals surface area (Å²) in [4.78, 5) is 15.0. The predicted molar refractivity (Wildman–Crippen MR) is 76.7 cm³/mol. The summed E-state index contributed by atoms with van der Waals surface area (Å²) in [5.41, 5.74) is -0.0143. The molecule has 0 spiro atoms. The first kappa shape index (κ1) is 13.0. The topological polar surface area (TPSA) is 20.3 Å². The summed E-state index contributed by atoms with van der Waals surface area (Å²) in [6.07, 6.45) is 7.38. The van der Waals surface area contributed by atoms with Gasteiger partial charge in [0.05, 0.1) is 5.41 Å². The lowest BCUT2D eigenvalue weighted by Gasteiger charge is -2.60. The molecule has 0 heterocycles. The fourth-order valence-electron chi connectivity index (χ4n) is 5.25. The van der Waals surface area contributed by atoms with Crippen LogP contribution in [-0.2, 0) is 4.79 Å². The molecule has 0 N–H and O–H groups in total. The van der Waals surface area contributed by atoms with Gasteiger partial charge in [0.2, 0.25) is 5.91 Å². The average molecular weight is 314 g/mol. The molecule has 4 atom stereocenters. The maximum Gasteiger partial charge on any atom is 0.228 e. The number of hydrogen-bond acceptors (Lipinski definition) is 1. The van der Waals surface area contributed by atoms with Gasteiger partial charge in [0.1, 0.15) is 0 Å². The van der Waals surface area contributed by atoms with E-state index in [-0.39, 0.29) is 5.41 Å². The highest BCUT2D eigenvalue weighted by molar-refractivity contribution is 9.10. The number of carbonyl (C=O) groups excluding carboxylic acids is 1. The van der Waals surface area contributed by atoms with Crippen molar-refractivity contribution >= 4 is 21.8 Å². The second-order valence-electron chi connectivity index (χ2n) is 6.87. The maximum absolute atomic E-state index is 12.9. The molecule has 4 fully saturated rings. The van der Waals surface area contributed by atoms with Gasteiger partial charge >= 0.3 is 0 Å². The van der Waals surface area contributed by atoms with Crippen molar-refractivity contribution in [2.24, 2.45) is 17.3 Å². The van der Waals surface area contributed by atoms with Crippen LogP contribution in [0, 0.1) is 17.3 Å². The van der Waals surface area contributed by atoms with Gasteiger partial charge in [-0.3, -0.25) is 4.79 Å². The highest BCUT2D eigenvalue weighted by Gasteiger charge is 2.60. The second kappa shape index (κ2) is 4.22. The van der Waals surface area contributed by atoms with Crippen molar-refractivity contribution in [3.63, 3.8) is 0 Å². The molecule has 4 saturated carbocycles. The van der Waals surface area contributed by atoms with E-state index in [1.807, 2.05) is 0 Å². The molecular formula is C15H24BrNO. The van der Waals surface area contributed by atoms with E-state index in [1.54, 1.807) is 0 Å². The van der Waals surface area contributed by atoms with Crippen molar-refractivity contribution in [2.45, 2.75) is 56.7 Å². The van der Waals surface area contributed by atoms with Crippen LogP contribution in [-0.4, -0.2) is 28.2 Å². The van der Waals surface area contributed by atoms with Crippen LogP contribution in [0.2, 0.25) is 0 Å². The van der Waals surface area contributed by atoms with Crippen LogP contribution >= 0.6 is 15.9 Å². The minimum absolute atomic E-state index is 0.0143. The number of carbonyl (C=O) groups is 1. The monoisotopic (exact) mass is 313 g/mol. The van der Waals surface area contributed by atoms with Crippen molar-refractivity contribution in [1.29, 1.82) is 0 Å². The van der Waals surface area contributed by atoms with Crippen LogP contribution in [0.1, 0.15) is 52.4 Å². The van der Waals surface area contributed by atoms with Crippen molar-refractivity contribution in [1.82, 2.24) is 4.90 Å². The van der Waals surface area contributed by atoms with Gasteiger partial charge in [-0.15, -0.1) is 0 Å². The summed E-state index contributed by atoms with van der Waals surface area (Å²) in [7, 11) is 0. The van der Waals surface area contributed by atoms with Gasteiger partial charge in [-0.2, -0.15) is 0 Å². The SMILES string of the molecule is CCN(CC)C(=O)C12C[C@@H]3C[C@@H](CC(Br)(C3)C1)C2. The zero-order valence-corrected chi connectivity index (χ0v) is 13.1. The smallest absolute Gasteiger partial charge is 0.228 e. The lowest BCUT2D eigenvalue weighted by atomic mass is 9.49. The molecule has 2 unspecified atom stereocenters. The molecule has 0 aliphatic heterocycles. The Morgan fingerprint density at radius 2 is 1.72 bits per heavy atom. The summed E-state index contributed by atoms with van der Waals surface area (Å²) in [6, 6.07) is 0. The largest absolute Gasteiger partial charge is 0.343 e. The second-order valence-corrected chi connectivity index (χ2v) is 8.55. The van der Waals surface area contributed by atoms with E-state index >= 15 is 0 Å². The first-order chi connectivity index (χ1) is 8.50. The summed E-state index contributed by atoms with van der Waals surface area (Å²) >= 11 is 3.98. The molecule has 0 aromatic rings. The molecule has 0 aromatic carbocycles. The molecule has 1 amide bonds. The molecule has 0 aromatic heterocycles. The third-order valence-electron chi connectivity index (χ3n) is 5.49. The average Bonchev–Trinajstić information content (AvgIpc) is 2.27. The quantitative estimate of drug-likeness (QED) is 0.729. The summed E-state index contributed by atoms with van der Waals surface area (Å²) in [5.74, 6) is 2.04. The van der Waals surface area contributed by atoms with Gasteiger partial charge in [-0.1, -0.05) is 15.9 Å². The van der Waals surface area contributed by atoms with Crippen LogP contribution in [0.15, 0.2) is 0 Å². The molecule has 4 rings (SSSR count). The molecule has 0 radical (unpaired) electrons. The molecule has 4 aliphatic rings. The van der Waals surface area contributed by atoms with Crippen LogP contribution in [0.3, 0.4) is 0 Å². The van der Waals surface area contributed by atoms with E-state index in [9.17, 15) is 4.79 Å². The Balaban J connectivity index is 1.89. The normalized spacial score (nSPS) is 45.3. The number of alkyl halides is 1. The summed E-state index contributed by atoms with van der Waals surface area (Å²) < 4.78 is 0.292. The minimum atomic E-state index is -0.0143. The van der Waals surface area contributed by atoms with E-state index in [4.69, 9.17) is 0 Å². The van der Waals surface area contributed by atoms with Crippen molar-refractivity contribution in [3.8, 4) is 0 Å². The fraction of sp³-hybridized carbons (Fsp3) is 0.933. The molecule has 4 aliphatic carbocycles. The first-order valence-electron chi connectivity index (χ1n) is 7.48. The number of nitrogens with zero attached hydrogens (tertiary/aromatic N) is 1. The van der Waals surface area contributed by atoms with Crippen molar-refractivity contribution in [2.75, 3.05) is 13.1 Å². The zero-order valence-electron chi connectivity index (χ0n) is 11.5. The Labute approximate surface area is 119 Å². The van der Waals surface area contributed by atoms with Gasteiger partial charge in [0.15, 0.2) is 0 Å². The van der Waals surface area contributed by atoms with E-state index in [1.165, 1.54) is 19.3 Å². The van der Waals surface area contributed by atoms with Crippen molar-refractivity contribution < 1.29 is 4.79 Å². The van der Waals surface area contributed by atoms with Gasteiger partial charge in [0, 0.05) is 17.4 Å². The third kappa shape index (κ3) is 1.85. The lowest BCUT2D eigenvalue weighted by Crippen LogP contribution is -2.58. The predicted octanol–water partition coefficient (Wildman–Crippen LogP) is 3.59. The molecule has 0 saturated heterocycles. The van der Waals surface area contributed by atoms with E-state index in [0.717, 1.165) is 44.2 Å². The molecule has 3 heteroatoms. The Bertz CT molecular complexity index is 350. The van der Waals surface area contributed by atoms with Crippen molar-refractivity contribution in [3.05, 3.63) is 0 Å². The molecule has 102 valence electrons. The number of hydrogen-bond donors (Lipinski definition) is 0. The Morgan fingerprint density at radius 1 is 1.17 bits per heavy atom. The van der Waals surface area contributed by atoms with Crippen LogP contribution < -0.4 is 0 Å².